The lowest BCUT2D eigenvalue weighted by Gasteiger charge is -2.09. The van der Waals surface area contributed by atoms with Crippen LogP contribution in [0.3, 0.4) is 0 Å². The van der Waals surface area contributed by atoms with Gasteiger partial charge in [-0.25, -0.2) is 17.9 Å². The van der Waals surface area contributed by atoms with E-state index in [2.05, 4.69) is 15.9 Å². The van der Waals surface area contributed by atoms with Crippen molar-refractivity contribution in [3.8, 4) is 16.9 Å². The molecule has 0 radical (unpaired) electrons. The zero-order valence-electron chi connectivity index (χ0n) is 11.9. The number of hydrogen-bond donors (Lipinski definition) is 1. The van der Waals surface area contributed by atoms with Gasteiger partial charge in [0.15, 0.2) is 0 Å². The number of halogens is 2. The number of aromatic nitrogens is 1. The summed E-state index contributed by atoms with van der Waals surface area (Å²) >= 11 is 4.31. The van der Waals surface area contributed by atoms with E-state index in [0.29, 0.717) is 16.9 Å². The summed E-state index contributed by atoms with van der Waals surface area (Å²) in [6.07, 6.45) is 0. The fraction of sp³-hybridized carbons (Fsp3) is 0. The summed E-state index contributed by atoms with van der Waals surface area (Å²) in [5, 5.41) is 6.55. The third-order valence-corrected chi connectivity index (χ3v) is 5.46. The van der Waals surface area contributed by atoms with Crippen LogP contribution in [0.1, 0.15) is 0 Å². The molecule has 0 aliphatic rings. The van der Waals surface area contributed by atoms with Gasteiger partial charge >= 0.3 is 4.87 Å². The van der Waals surface area contributed by atoms with Gasteiger partial charge in [-0.1, -0.05) is 39.4 Å². The first-order valence-electron chi connectivity index (χ1n) is 6.56. The Labute approximate surface area is 149 Å². The summed E-state index contributed by atoms with van der Waals surface area (Å²) in [7, 11) is -4.14. The second-order valence-electron chi connectivity index (χ2n) is 4.89. The Balaban J connectivity index is 2.19. The van der Waals surface area contributed by atoms with Gasteiger partial charge in [0.05, 0.1) is 11.4 Å². The van der Waals surface area contributed by atoms with E-state index < -0.39 is 20.7 Å². The number of benzene rings is 2. The predicted molar refractivity (Wildman–Crippen MR) is 94.4 cm³/mol. The molecule has 1 aromatic heterocycles. The van der Waals surface area contributed by atoms with Crippen LogP contribution in [0.15, 0.2) is 62.0 Å². The molecule has 0 aliphatic carbocycles. The molecule has 3 rings (SSSR count). The average Bonchev–Trinajstić information content (AvgIpc) is 2.87. The lowest BCUT2D eigenvalue weighted by atomic mass is 10.1. The fourth-order valence-electron chi connectivity index (χ4n) is 2.26. The molecule has 0 saturated carbocycles. The predicted octanol–water partition coefficient (Wildman–Crippen LogP) is 3.12. The number of sulfonamides is 1. The van der Waals surface area contributed by atoms with E-state index in [1.54, 1.807) is 23.6 Å². The third-order valence-electron chi connectivity index (χ3n) is 3.30. The molecule has 0 amide bonds. The second-order valence-corrected chi connectivity index (χ2v) is 8.16. The Morgan fingerprint density at radius 1 is 1.17 bits per heavy atom. The van der Waals surface area contributed by atoms with Gasteiger partial charge in [0.1, 0.15) is 10.7 Å². The average molecular weight is 429 g/mol. The standard InChI is InChI=1S/C15H10BrFN2O3S2/c16-10-2-1-3-11(7-10)19-13(8-23-15(19)20)9-4-5-14(12(17)6-9)24(18,21)22/h1-8H,(H2,18,21,22). The first-order chi connectivity index (χ1) is 11.3. The topological polar surface area (TPSA) is 82.2 Å². The van der Waals surface area contributed by atoms with Gasteiger partial charge < -0.3 is 0 Å². The first-order valence-corrected chi connectivity index (χ1v) is 9.78. The molecule has 2 aromatic carbocycles. The summed E-state index contributed by atoms with van der Waals surface area (Å²) in [4.78, 5) is 11.4. The number of nitrogens with two attached hydrogens (primary N) is 1. The summed E-state index contributed by atoms with van der Waals surface area (Å²) in [5.74, 6) is -0.963. The Kier molecular flexibility index (Phi) is 4.43. The quantitative estimate of drug-likeness (QED) is 0.695. The van der Waals surface area contributed by atoms with E-state index in [4.69, 9.17) is 5.14 Å². The molecule has 124 valence electrons. The monoisotopic (exact) mass is 428 g/mol. The van der Waals surface area contributed by atoms with E-state index in [1.807, 2.05) is 6.07 Å². The summed E-state index contributed by atoms with van der Waals surface area (Å²) < 4.78 is 38.9. The number of thiazole rings is 1. The van der Waals surface area contributed by atoms with Crippen molar-refractivity contribution in [2.24, 2.45) is 5.14 Å². The molecule has 5 nitrogen and oxygen atoms in total. The lowest BCUT2D eigenvalue weighted by molar-refractivity contribution is 0.568. The maximum atomic E-state index is 14.1. The van der Waals surface area contributed by atoms with E-state index in [0.717, 1.165) is 27.9 Å². The Morgan fingerprint density at radius 3 is 2.54 bits per heavy atom. The van der Waals surface area contributed by atoms with Crippen molar-refractivity contribution in [3.05, 3.63) is 67.8 Å². The molecule has 0 atom stereocenters. The van der Waals surface area contributed by atoms with Crippen molar-refractivity contribution in [2.45, 2.75) is 4.90 Å². The minimum Gasteiger partial charge on any atom is -0.267 e. The molecule has 0 fully saturated rings. The fourth-order valence-corrected chi connectivity index (χ4v) is 4.00. The van der Waals surface area contributed by atoms with Gasteiger partial charge in [-0.2, -0.15) is 0 Å². The maximum absolute atomic E-state index is 14.1. The van der Waals surface area contributed by atoms with Crippen LogP contribution in [0.2, 0.25) is 0 Å². The second kappa shape index (κ2) is 6.25. The largest absolute Gasteiger partial charge is 0.312 e. The Morgan fingerprint density at radius 2 is 1.92 bits per heavy atom. The number of nitrogens with zero attached hydrogens (tertiary/aromatic N) is 1. The minimum atomic E-state index is -4.14. The molecule has 3 aromatic rings. The lowest BCUT2D eigenvalue weighted by Crippen LogP contribution is -2.14. The first kappa shape index (κ1) is 17.0. The highest BCUT2D eigenvalue weighted by molar-refractivity contribution is 9.10. The smallest absolute Gasteiger partial charge is 0.267 e. The van der Waals surface area contributed by atoms with Crippen LogP contribution in [-0.2, 0) is 10.0 Å². The van der Waals surface area contributed by atoms with E-state index >= 15 is 0 Å². The van der Waals surface area contributed by atoms with Crippen LogP contribution in [-0.4, -0.2) is 13.0 Å². The summed E-state index contributed by atoms with van der Waals surface area (Å²) in [6.45, 7) is 0. The molecule has 1 heterocycles. The molecule has 9 heteroatoms. The summed E-state index contributed by atoms with van der Waals surface area (Å²) in [5.41, 5.74) is 1.45. The minimum absolute atomic E-state index is 0.237. The zero-order chi connectivity index (χ0) is 17.5. The van der Waals surface area contributed by atoms with Gasteiger partial charge in [-0.15, -0.1) is 0 Å². The van der Waals surface area contributed by atoms with Crippen molar-refractivity contribution in [2.75, 3.05) is 0 Å². The molecule has 0 saturated heterocycles. The van der Waals surface area contributed by atoms with Gasteiger partial charge in [0.25, 0.3) is 0 Å². The van der Waals surface area contributed by atoms with Crippen molar-refractivity contribution >= 4 is 37.3 Å². The van der Waals surface area contributed by atoms with Gasteiger partial charge in [0.2, 0.25) is 10.0 Å². The highest BCUT2D eigenvalue weighted by atomic mass is 79.9. The normalized spacial score (nSPS) is 11.6. The van der Waals surface area contributed by atoms with E-state index in [-0.39, 0.29) is 4.87 Å². The van der Waals surface area contributed by atoms with E-state index in [1.165, 1.54) is 10.6 Å². The van der Waals surface area contributed by atoms with Crippen molar-refractivity contribution in [1.29, 1.82) is 0 Å². The van der Waals surface area contributed by atoms with Crippen LogP contribution < -0.4 is 10.0 Å². The van der Waals surface area contributed by atoms with Crippen molar-refractivity contribution in [1.82, 2.24) is 4.57 Å². The molecular formula is C15H10BrFN2O3S2. The van der Waals surface area contributed by atoms with Crippen LogP contribution in [0, 0.1) is 5.82 Å². The number of primary sulfonamides is 1. The molecule has 0 bridgehead atoms. The third kappa shape index (κ3) is 3.20. The van der Waals surface area contributed by atoms with Gasteiger partial charge in [-0.05, 0) is 30.3 Å². The number of hydrogen-bond acceptors (Lipinski definition) is 4. The SMILES string of the molecule is NS(=O)(=O)c1ccc(-c2csc(=O)n2-c2cccc(Br)c2)cc1F. The maximum Gasteiger partial charge on any atom is 0.312 e. The van der Waals surface area contributed by atoms with Crippen LogP contribution in [0.25, 0.3) is 16.9 Å². The zero-order valence-corrected chi connectivity index (χ0v) is 15.2. The highest BCUT2D eigenvalue weighted by Gasteiger charge is 2.17. The molecule has 24 heavy (non-hydrogen) atoms. The molecule has 0 unspecified atom stereocenters. The Hall–Kier alpha value is -1.81. The van der Waals surface area contributed by atoms with Crippen LogP contribution in [0.4, 0.5) is 4.39 Å². The summed E-state index contributed by atoms with van der Waals surface area (Å²) in [6, 6.07) is 10.7. The van der Waals surface area contributed by atoms with Crippen molar-refractivity contribution in [3.63, 3.8) is 0 Å². The van der Waals surface area contributed by atoms with Gasteiger partial charge in [0, 0.05) is 15.4 Å². The van der Waals surface area contributed by atoms with Gasteiger partial charge in [-0.3, -0.25) is 9.36 Å². The van der Waals surface area contributed by atoms with Crippen LogP contribution in [0.5, 0.6) is 0 Å². The van der Waals surface area contributed by atoms with E-state index in [9.17, 15) is 17.6 Å². The molecule has 0 aliphatic heterocycles. The highest BCUT2D eigenvalue weighted by Crippen LogP contribution is 2.27. The number of rotatable bonds is 3. The molecule has 0 spiro atoms. The Bertz CT molecular complexity index is 1090. The van der Waals surface area contributed by atoms with Crippen molar-refractivity contribution < 1.29 is 12.8 Å². The molecule has 2 N–H and O–H groups in total. The van der Waals surface area contributed by atoms with Crippen LogP contribution >= 0.6 is 27.3 Å². The molecular weight excluding hydrogens is 419 g/mol.